The number of aromatic nitrogens is 3. The molecule has 202 valence electrons. The molecule has 6 rings (SSSR count). The normalized spacial score (nSPS) is 12.1. The first-order valence-corrected chi connectivity index (χ1v) is 14.1. The molecule has 0 atom stereocenters. The summed E-state index contributed by atoms with van der Waals surface area (Å²) >= 11 is 0. The summed E-state index contributed by atoms with van der Waals surface area (Å²) < 4.78 is 2.32. The van der Waals surface area contributed by atoms with Crippen molar-refractivity contribution in [2.45, 2.75) is 52.4 Å². The molecule has 6 aromatic rings. The lowest BCUT2D eigenvalue weighted by Gasteiger charge is -2.19. The molecule has 0 N–H and O–H groups in total. The Kier molecular flexibility index (Phi) is 6.27. The second kappa shape index (κ2) is 9.71. The fourth-order valence-electron chi connectivity index (χ4n) is 5.46. The van der Waals surface area contributed by atoms with Crippen molar-refractivity contribution in [3.05, 3.63) is 114 Å². The number of benzene rings is 4. The third kappa shape index (κ3) is 4.78. The molecular weight excluding hydrogens is 500 g/mol. The van der Waals surface area contributed by atoms with Crippen LogP contribution < -0.4 is 0 Å². The maximum Gasteiger partial charge on any atom is 0.163 e. The zero-order valence-corrected chi connectivity index (χ0v) is 24.5. The summed E-state index contributed by atoms with van der Waals surface area (Å²) in [4.78, 5) is 9.66. The molecule has 0 unspecified atom stereocenters. The maximum absolute atomic E-state index is 9.85. The highest BCUT2D eigenvalue weighted by Crippen LogP contribution is 2.39. The van der Waals surface area contributed by atoms with Crippen LogP contribution in [0.15, 0.2) is 97.1 Å². The summed E-state index contributed by atoms with van der Waals surface area (Å²) in [5, 5.41) is 12.3. The van der Waals surface area contributed by atoms with Crippen LogP contribution in [0.1, 0.15) is 58.4 Å². The third-order valence-corrected chi connectivity index (χ3v) is 7.79. The highest BCUT2D eigenvalue weighted by Gasteiger charge is 2.22. The van der Waals surface area contributed by atoms with E-state index >= 15 is 0 Å². The predicted molar refractivity (Wildman–Crippen MR) is 169 cm³/mol. The van der Waals surface area contributed by atoms with Crippen LogP contribution in [0.5, 0.6) is 0 Å². The standard InChI is InChI=1S/C37H34N4/c1-36(2,3)25-16-18-33-29(20-25)30-21-26(37(4,5)6)17-19-34(30)41(33)32-15-11-10-14-28(32)35-39-27(23-38)22-31(40-35)24-12-8-7-9-13-24/h7-22H,1-6H3. The molecule has 0 spiro atoms. The van der Waals surface area contributed by atoms with Gasteiger partial charge in [0.15, 0.2) is 5.82 Å². The molecule has 0 aliphatic heterocycles. The number of hydrogen-bond donors (Lipinski definition) is 0. The van der Waals surface area contributed by atoms with Crippen molar-refractivity contribution in [2.24, 2.45) is 0 Å². The Morgan fingerprint density at radius 1 is 0.634 bits per heavy atom. The van der Waals surface area contributed by atoms with Crippen molar-refractivity contribution in [3.8, 4) is 34.4 Å². The summed E-state index contributed by atoms with van der Waals surface area (Å²) in [5.74, 6) is 0.533. The Morgan fingerprint density at radius 3 is 1.76 bits per heavy atom. The lowest BCUT2D eigenvalue weighted by molar-refractivity contribution is 0.590. The van der Waals surface area contributed by atoms with Crippen LogP contribution in [0.4, 0.5) is 0 Å². The smallest absolute Gasteiger partial charge is 0.163 e. The van der Waals surface area contributed by atoms with Crippen LogP contribution in [0, 0.1) is 11.3 Å². The molecule has 0 fully saturated rings. The van der Waals surface area contributed by atoms with E-state index in [1.54, 1.807) is 6.07 Å². The summed E-state index contributed by atoms with van der Waals surface area (Å²) in [5.41, 5.74) is 8.80. The minimum absolute atomic E-state index is 0.0293. The van der Waals surface area contributed by atoms with Crippen LogP contribution in [-0.4, -0.2) is 14.5 Å². The molecule has 0 aliphatic rings. The Labute approximate surface area is 242 Å². The quantitative estimate of drug-likeness (QED) is 0.227. The number of rotatable bonds is 3. The fraction of sp³-hybridized carbons (Fsp3) is 0.216. The summed E-state index contributed by atoms with van der Waals surface area (Å²) in [6, 6.07) is 35.8. The SMILES string of the molecule is CC(C)(C)c1ccc2c(c1)c1cc(C(C)(C)C)ccc1n2-c1ccccc1-c1nc(C#N)cc(-c2ccccc2)n1. The minimum atomic E-state index is 0.0293. The van der Waals surface area contributed by atoms with E-state index in [9.17, 15) is 5.26 Å². The van der Waals surface area contributed by atoms with E-state index in [1.807, 2.05) is 42.5 Å². The van der Waals surface area contributed by atoms with Crippen molar-refractivity contribution in [1.29, 1.82) is 5.26 Å². The Hall–Kier alpha value is -4.75. The van der Waals surface area contributed by atoms with E-state index in [2.05, 4.69) is 106 Å². The number of nitriles is 1. The van der Waals surface area contributed by atoms with Crippen molar-refractivity contribution in [2.75, 3.05) is 0 Å². The van der Waals surface area contributed by atoms with E-state index < -0.39 is 0 Å². The van der Waals surface area contributed by atoms with Crippen molar-refractivity contribution in [1.82, 2.24) is 14.5 Å². The zero-order valence-electron chi connectivity index (χ0n) is 24.5. The van der Waals surface area contributed by atoms with Crippen molar-refractivity contribution in [3.63, 3.8) is 0 Å². The second-order valence-corrected chi connectivity index (χ2v) is 12.8. The first-order chi connectivity index (χ1) is 19.5. The molecule has 2 heterocycles. The maximum atomic E-state index is 9.85. The van der Waals surface area contributed by atoms with Crippen LogP contribution in [0.2, 0.25) is 0 Å². The monoisotopic (exact) mass is 534 g/mol. The van der Waals surface area contributed by atoms with Gasteiger partial charge in [-0.1, -0.05) is 96.1 Å². The number of para-hydroxylation sites is 1. The Balaban J connectivity index is 1.66. The summed E-state index contributed by atoms with van der Waals surface area (Å²) in [6.45, 7) is 13.5. The van der Waals surface area contributed by atoms with Crippen LogP contribution in [0.3, 0.4) is 0 Å². The molecule has 4 heteroatoms. The van der Waals surface area contributed by atoms with Crippen molar-refractivity contribution >= 4 is 21.8 Å². The lowest BCUT2D eigenvalue weighted by Crippen LogP contribution is -2.10. The minimum Gasteiger partial charge on any atom is -0.309 e. The van der Waals surface area contributed by atoms with E-state index in [4.69, 9.17) is 4.98 Å². The summed E-state index contributed by atoms with van der Waals surface area (Å²) in [7, 11) is 0. The summed E-state index contributed by atoms with van der Waals surface area (Å²) in [6.07, 6.45) is 0. The molecular formula is C37H34N4. The van der Waals surface area contributed by atoms with Gasteiger partial charge >= 0.3 is 0 Å². The van der Waals surface area contributed by atoms with Gasteiger partial charge in [-0.25, -0.2) is 9.97 Å². The topological polar surface area (TPSA) is 54.5 Å². The van der Waals surface area contributed by atoms with Crippen molar-refractivity contribution < 1.29 is 0 Å². The zero-order chi connectivity index (χ0) is 28.9. The number of fused-ring (bicyclic) bond motifs is 3. The van der Waals surface area contributed by atoms with Crippen LogP contribution in [0.25, 0.3) is 50.1 Å². The second-order valence-electron chi connectivity index (χ2n) is 12.8. The van der Waals surface area contributed by atoms with Gasteiger partial charge in [0.25, 0.3) is 0 Å². The van der Waals surface area contributed by atoms with E-state index in [1.165, 1.54) is 21.9 Å². The van der Waals surface area contributed by atoms with Gasteiger partial charge < -0.3 is 4.57 Å². The molecule has 0 saturated heterocycles. The Morgan fingerprint density at radius 2 is 1.20 bits per heavy atom. The Bertz CT molecular complexity index is 1890. The molecule has 2 aromatic heterocycles. The first kappa shape index (κ1) is 26.5. The first-order valence-electron chi connectivity index (χ1n) is 14.1. The van der Waals surface area contributed by atoms with E-state index in [0.29, 0.717) is 11.5 Å². The average molecular weight is 535 g/mol. The van der Waals surface area contributed by atoms with Gasteiger partial charge in [0.05, 0.1) is 22.4 Å². The molecule has 0 aliphatic carbocycles. The van der Waals surface area contributed by atoms with Gasteiger partial charge in [-0.05, 0) is 58.4 Å². The van der Waals surface area contributed by atoms with Gasteiger partial charge in [0.2, 0.25) is 0 Å². The molecule has 0 amide bonds. The van der Waals surface area contributed by atoms with E-state index in [-0.39, 0.29) is 10.8 Å². The molecule has 0 radical (unpaired) electrons. The molecule has 0 bridgehead atoms. The number of nitrogens with zero attached hydrogens (tertiary/aromatic N) is 4. The molecule has 4 nitrogen and oxygen atoms in total. The largest absolute Gasteiger partial charge is 0.309 e. The lowest BCUT2D eigenvalue weighted by atomic mass is 9.85. The molecule has 41 heavy (non-hydrogen) atoms. The number of hydrogen-bond acceptors (Lipinski definition) is 3. The molecule has 0 saturated carbocycles. The fourth-order valence-corrected chi connectivity index (χ4v) is 5.46. The van der Waals surface area contributed by atoms with Gasteiger partial charge in [0, 0.05) is 28.0 Å². The van der Waals surface area contributed by atoms with Gasteiger partial charge in [-0.15, -0.1) is 0 Å². The highest BCUT2D eigenvalue weighted by molar-refractivity contribution is 6.10. The average Bonchev–Trinajstić information content (AvgIpc) is 3.29. The van der Waals surface area contributed by atoms with Crippen LogP contribution in [-0.2, 0) is 10.8 Å². The van der Waals surface area contributed by atoms with E-state index in [0.717, 1.165) is 33.5 Å². The van der Waals surface area contributed by atoms with Gasteiger partial charge in [-0.2, -0.15) is 5.26 Å². The molecule has 4 aromatic carbocycles. The van der Waals surface area contributed by atoms with Crippen LogP contribution >= 0.6 is 0 Å². The van der Waals surface area contributed by atoms with Gasteiger partial charge in [0.1, 0.15) is 11.8 Å². The highest BCUT2D eigenvalue weighted by atomic mass is 15.0. The predicted octanol–water partition coefficient (Wildman–Crippen LogP) is 9.37. The van der Waals surface area contributed by atoms with Gasteiger partial charge in [-0.3, -0.25) is 0 Å². The third-order valence-electron chi connectivity index (χ3n) is 7.79.